The number of anilines is 2. The molecule has 0 aliphatic heterocycles. The van der Waals surface area contributed by atoms with Crippen molar-refractivity contribution in [1.29, 1.82) is 0 Å². The van der Waals surface area contributed by atoms with Crippen LogP contribution in [0.2, 0.25) is 5.02 Å². The quantitative estimate of drug-likeness (QED) is 0.718. The summed E-state index contributed by atoms with van der Waals surface area (Å²) in [6.07, 6.45) is 0. The molecule has 0 saturated carbocycles. The first kappa shape index (κ1) is 16.9. The molecule has 3 aromatic rings. The van der Waals surface area contributed by atoms with E-state index in [0.717, 1.165) is 11.3 Å². The molecule has 0 fully saturated rings. The monoisotopic (exact) mass is 352 g/mol. The van der Waals surface area contributed by atoms with E-state index in [1.807, 2.05) is 54.6 Å². The first-order chi connectivity index (χ1) is 12.1. The van der Waals surface area contributed by atoms with Crippen LogP contribution in [0.15, 0.2) is 60.7 Å². The molecule has 0 saturated heterocycles. The van der Waals surface area contributed by atoms with Crippen LogP contribution >= 0.6 is 11.6 Å². The molecule has 0 unspecified atom stereocenters. The van der Waals surface area contributed by atoms with Crippen LogP contribution < -0.4 is 10.6 Å². The number of carbonyl (C=O) groups excluding carboxylic acids is 1. The molecule has 0 radical (unpaired) electrons. The fourth-order valence-corrected chi connectivity index (χ4v) is 2.41. The SMILES string of the molecule is Cc1nc(NCc2ccc(Cl)cc2)cc(C(=O)Nc2ccccc2)n1. The van der Waals surface area contributed by atoms with E-state index < -0.39 is 0 Å². The smallest absolute Gasteiger partial charge is 0.274 e. The standard InChI is InChI=1S/C19H17ClN4O/c1-13-22-17(19(25)24-16-5-3-2-4-6-16)11-18(23-13)21-12-14-7-9-15(20)10-8-14/h2-11H,12H2,1H3,(H,24,25)(H,21,22,23). The number of benzene rings is 2. The van der Waals surface area contributed by atoms with Crippen LogP contribution in [0.3, 0.4) is 0 Å². The number of nitrogens with zero attached hydrogens (tertiary/aromatic N) is 2. The van der Waals surface area contributed by atoms with Crippen LogP contribution in [0.4, 0.5) is 11.5 Å². The second-order valence-corrected chi connectivity index (χ2v) is 5.92. The highest BCUT2D eigenvalue weighted by Crippen LogP contribution is 2.13. The summed E-state index contributed by atoms with van der Waals surface area (Å²) < 4.78 is 0. The summed E-state index contributed by atoms with van der Waals surface area (Å²) in [4.78, 5) is 20.9. The Morgan fingerprint density at radius 3 is 2.48 bits per heavy atom. The minimum Gasteiger partial charge on any atom is -0.366 e. The Morgan fingerprint density at radius 2 is 1.76 bits per heavy atom. The zero-order valence-corrected chi connectivity index (χ0v) is 14.4. The molecule has 0 aliphatic rings. The Hall–Kier alpha value is -2.92. The average Bonchev–Trinajstić information content (AvgIpc) is 2.61. The van der Waals surface area contributed by atoms with Crippen molar-refractivity contribution < 1.29 is 4.79 Å². The van der Waals surface area contributed by atoms with Crippen molar-refractivity contribution in [3.8, 4) is 0 Å². The Kier molecular flexibility index (Phi) is 5.26. The van der Waals surface area contributed by atoms with Gasteiger partial charge >= 0.3 is 0 Å². The minimum atomic E-state index is -0.272. The predicted octanol–water partition coefficient (Wildman–Crippen LogP) is 4.30. The summed E-state index contributed by atoms with van der Waals surface area (Å²) in [5, 5.41) is 6.72. The van der Waals surface area contributed by atoms with Gasteiger partial charge in [0.2, 0.25) is 0 Å². The summed E-state index contributed by atoms with van der Waals surface area (Å²) in [6.45, 7) is 2.33. The number of amides is 1. The maximum absolute atomic E-state index is 12.4. The van der Waals surface area contributed by atoms with E-state index in [9.17, 15) is 4.79 Å². The normalized spacial score (nSPS) is 10.3. The van der Waals surface area contributed by atoms with Crippen LogP contribution in [0.5, 0.6) is 0 Å². The Labute approximate surface area is 151 Å². The molecule has 2 aromatic carbocycles. The number of nitrogens with one attached hydrogen (secondary N) is 2. The molecule has 126 valence electrons. The van der Waals surface area contributed by atoms with E-state index in [4.69, 9.17) is 11.6 Å². The van der Waals surface area contributed by atoms with Crippen molar-refractivity contribution in [3.63, 3.8) is 0 Å². The summed E-state index contributed by atoms with van der Waals surface area (Å²) in [6, 6.07) is 18.4. The van der Waals surface area contributed by atoms with Gasteiger partial charge in [-0.3, -0.25) is 4.79 Å². The lowest BCUT2D eigenvalue weighted by Gasteiger charge is -2.09. The van der Waals surface area contributed by atoms with E-state index in [1.165, 1.54) is 0 Å². The van der Waals surface area contributed by atoms with Gasteiger partial charge in [-0.25, -0.2) is 9.97 Å². The fourth-order valence-electron chi connectivity index (χ4n) is 2.29. The van der Waals surface area contributed by atoms with Gasteiger partial charge in [0.15, 0.2) is 0 Å². The van der Waals surface area contributed by atoms with E-state index in [0.29, 0.717) is 28.9 Å². The second kappa shape index (κ2) is 7.77. The Bertz CT molecular complexity index is 866. The predicted molar refractivity (Wildman–Crippen MR) is 99.9 cm³/mol. The van der Waals surface area contributed by atoms with Crippen LogP contribution in [0, 0.1) is 6.92 Å². The lowest BCUT2D eigenvalue weighted by Crippen LogP contribution is -2.15. The van der Waals surface area contributed by atoms with Gasteiger partial charge in [-0.1, -0.05) is 41.9 Å². The lowest BCUT2D eigenvalue weighted by molar-refractivity contribution is 0.102. The van der Waals surface area contributed by atoms with Gasteiger partial charge in [-0.15, -0.1) is 0 Å². The number of para-hydroxylation sites is 1. The van der Waals surface area contributed by atoms with E-state index >= 15 is 0 Å². The molecule has 5 nitrogen and oxygen atoms in total. The minimum absolute atomic E-state index is 0.272. The molecule has 25 heavy (non-hydrogen) atoms. The van der Waals surface area contributed by atoms with Crippen molar-refractivity contribution in [3.05, 3.63) is 82.8 Å². The second-order valence-electron chi connectivity index (χ2n) is 5.49. The molecular formula is C19H17ClN4O. The van der Waals surface area contributed by atoms with Gasteiger partial charge in [0.25, 0.3) is 5.91 Å². The van der Waals surface area contributed by atoms with Gasteiger partial charge in [0.1, 0.15) is 17.3 Å². The molecule has 1 aromatic heterocycles. The molecule has 0 atom stereocenters. The highest BCUT2D eigenvalue weighted by molar-refractivity contribution is 6.30. The Balaban J connectivity index is 1.71. The third kappa shape index (κ3) is 4.78. The molecule has 0 bridgehead atoms. The number of rotatable bonds is 5. The van der Waals surface area contributed by atoms with Gasteiger partial charge in [0, 0.05) is 23.3 Å². The highest BCUT2D eigenvalue weighted by Gasteiger charge is 2.11. The fraction of sp³-hybridized carbons (Fsp3) is 0.105. The largest absolute Gasteiger partial charge is 0.366 e. The number of aryl methyl sites for hydroxylation is 1. The molecular weight excluding hydrogens is 336 g/mol. The first-order valence-corrected chi connectivity index (χ1v) is 8.18. The van der Waals surface area contributed by atoms with Crippen molar-refractivity contribution in [2.45, 2.75) is 13.5 Å². The number of hydrogen-bond donors (Lipinski definition) is 2. The third-order valence-corrected chi connectivity index (χ3v) is 3.74. The number of hydrogen-bond acceptors (Lipinski definition) is 4. The summed E-state index contributed by atoms with van der Waals surface area (Å²) in [7, 11) is 0. The summed E-state index contributed by atoms with van der Waals surface area (Å²) in [5.74, 6) is 0.853. The van der Waals surface area contributed by atoms with Crippen molar-refractivity contribution in [1.82, 2.24) is 9.97 Å². The highest BCUT2D eigenvalue weighted by atomic mass is 35.5. The van der Waals surface area contributed by atoms with Gasteiger partial charge in [-0.2, -0.15) is 0 Å². The van der Waals surface area contributed by atoms with Gasteiger partial charge < -0.3 is 10.6 Å². The molecule has 6 heteroatoms. The van der Waals surface area contributed by atoms with Crippen molar-refractivity contribution in [2.75, 3.05) is 10.6 Å². The van der Waals surface area contributed by atoms with Gasteiger partial charge in [0.05, 0.1) is 0 Å². The van der Waals surface area contributed by atoms with E-state index in [1.54, 1.807) is 13.0 Å². The van der Waals surface area contributed by atoms with Crippen molar-refractivity contribution >= 4 is 29.0 Å². The van der Waals surface area contributed by atoms with Crippen molar-refractivity contribution in [2.24, 2.45) is 0 Å². The molecule has 0 aliphatic carbocycles. The van der Waals surface area contributed by atoms with Gasteiger partial charge in [-0.05, 0) is 36.8 Å². The number of aromatic nitrogens is 2. The topological polar surface area (TPSA) is 66.9 Å². The third-order valence-electron chi connectivity index (χ3n) is 3.49. The maximum atomic E-state index is 12.4. The molecule has 3 rings (SSSR count). The molecule has 2 N–H and O–H groups in total. The Morgan fingerprint density at radius 1 is 1.04 bits per heavy atom. The average molecular weight is 353 g/mol. The number of carbonyl (C=O) groups is 1. The van der Waals surface area contributed by atoms with E-state index in [2.05, 4.69) is 20.6 Å². The lowest BCUT2D eigenvalue weighted by atomic mass is 10.2. The maximum Gasteiger partial charge on any atom is 0.274 e. The van der Waals surface area contributed by atoms with E-state index in [-0.39, 0.29) is 5.91 Å². The zero-order chi connectivity index (χ0) is 17.6. The van der Waals surface area contributed by atoms with Crippen LogP contribution in [0.25, 0.3) is 0 Å². The zero-order valence-electron chi connectivity index (χ0n) is 13.7. The summed E-state index contributed by atoms with van der Waals surface area (Å²) >= 11 is 5.89. The molecule has 1 heterocycles. The first-order valence-electron chi connectivity index (χ1n) is 7.80. The van der Waals surface area contributed by atoms with Crippen LogP contribution in [-0.4, -0.2) is 15.9 Å². The van der Waals surface area contributed by atoms with Crippen LogP contribution in [0.1, 0.15) is 21.9 Å². The molecule has 0 spiro atoms. The summed E-state index contributed by atoms with van der Waals surface area (Å²) in [5.41, 5.74) is 2.10. The number of halogens is 1. The van der Waals surface area contributed by atoms with Crippen LogP contribution in [-0.2, 0) is 6.54 Å². The molecule has 1 amide bonds.